The van der Waals surface area contributed by atoms with Crippen LogP contribution in [0.15, 0.2) is 24.4 Å². The van der Waals surface area contributed by atoms with Crippen LogP contribution in [0, 0.1) is 12.7 Å². The second-order valence-corrected chi connectivity index (χ2v) is 8.76. The van der Waals surface area contributed by atoms with Gasteiger partial charge in [-0.25, -0.2) is 4.39 Å². The fraction of sp³-hybridized carbons (Fsp3) is 0.412. The number of hydrogen-bond acceptors (Lipinski definition) is 4. The molecule has 1 aliphatic rings. The summed E-state index contributed by atoms with van der Waals surface area (Å²) in [5, 5.41) is 6.82. The molecule has 1 saturated heterocycles. The lowest BCUT2D eigenvalue weighted by Crippen LogP contribution is -2.56. The molecule has 152 valence electrons. The minimum absolute atomic E-state index is 0.135. The molecule has 0 saturated carbocycles. The molecule has 2 aromatic rings. The quantitative estimate of drug-likeness (QED) is 0.778. The summed E-state index contributed by atoms with van der Waals surface area (Å²) in [5.41, 5.74) is 1.71. The lowest BCUT2D eigenvalue weighted by molar-refractivity contribution is -0.120. The van der Waals surface area contributed by atoms with E-state index >= 15 is 0 Å². The predicted molar refractivity (Wildman–Crippen MR) is 104 cm³/mol. The van der Waals surface area contributed by atoms with Gasteiger partial charge in [-0.05, 0) is 38.5 Å². The second kappa shape index (κ2) is 7.78. The fourth-order valence-electron chi connectivity index (χ4n) is 3.15. The van der Waals surface area contributed by atoms with Crippen molar-refractivity contribution in [3.63, 3.8) is 0 Å². The third kappa shape index (κ3) is 4.04. The van der Waals surface area contributed by atoms with Gasteiger partial charge in [0.2, 0.25) is 5.91 Å². The number of hydrogen-bond donors (Lipinski definition) is 2. The molecule has 0 bridgehead atoms. The molecular formula is C17H21ClFN5O3S. The maximum Gasteiger partial charge on any atom is 0.280 e. The van der Waals surface area contributed by atoms with Gasteiger partial charge in [0.05, 0.1) is 16.8 Å². The van der Waals surface area contributed by atoms with Crippen molar-refractivity contribution in [2.75, 3.05) is 12.4 Å². The number of carbonyl (C=O) groups excluding carboxylic acids is 1. The number of nitrogens with one attached hydrogen (secondary N) is 2. The largest absolute Gasteiger partial charge is 0.325 e. The van der Waals surface area contributed by atoms with Gasteiger partial charge < -0.3 is 5.32 Å². The molecule has 8 nitrogen and oxygen atoms in total. The molecular weight excluding hydrogens is 409 g/mol. The van der Waals surface area contributed by atoms with Crippen LogP contribution in [0.4, 0.5) is 10.1 Å². The van der Waals surface area contributed by atoms with Crippen LogP contribution in [0.5, 0.6) is 0 Å². The van der Waals surface area contributed by atoms with E-state index in [0.717, 1.165) is 15.9 Å². The number of benzene rings is 1. The molecule has 11 heteroatoms. The minimum atomic E-state index is -3.87. The van der Waals surface area contributed by atoms with Gasteiger partial charge in [-0.3, -0.25) is 9.48 Å². The zero-order valence-electron chi connectivity index (χ0n) is 15.6. The van der Waals surface area contributed by atoms with Crippen molar-refractivity contribution in [1.29, 1.82) is 0 Å². The van der Waals surface area contributed by atoms with E-state index < -0.39 is 34.0 Å². The van der Waals surface area contributed by atoms with Crippen LogP contribution in [0.2, 0.25) is 5.02 Å². The molecule has 0 unspecified atom stereocenters. The van der Waals surface area contributed by atoms with Crippen molar-refractivity contribution < 1.29 is 17.6 Å². The lowest BCUT2D eigenvalue weighted by atomic mass is 10.00. The number of amides is 1. The summed E-state index contributed by atoms with van der Waals surface area (Å²) in [6.07, 6.45) is 2.00. The van der Waals surface area contributed by atoms with E-state index in [1.165, 1.54) is 19.2 Å². The molecule has 0 aliphatic carbocycles. The highest BCUT2D eigenvalue weighted by Crippen LogP contribution is 2.30. The second-order valence-electron chi connectivity index (χ2n) is 6.59. The zero-order chi connectivity index (χ0) is 20.6. The molecule has 0 spiro atoms. The van der Waals surface area contributed by atoms with Gasteiger partial charge in [0, 0.05) is 31.0 Å². The van der Waals surface area contributed by atoms with Crippen molar-refractivity contribution >= 4 is 33.4 Å². The van der Waals surface area contributed by atoms with Gasteiger partial charge in [-0.2, -0.15) is 22.5 Å². The Bertz CT molecular complexity index is 1010. The van der Waals surface area contributed by atoms with Crippen LogP contribution < -0.4 is 10.0 Å². The number of aryl methyl sites for hydroxylation is 2. The van der Waals surface area contributed by atoms with E-state index in [2.05, 4.69) is 15.1 Å². The van der Waals surface area contributed by atoms with Gasteiger partial charge in [0.15, 0.2) is 0 Å². The van der Waals surface area contributed by atoms with Crippen LogP contribution in [-0.2, 0) is 21.5 Å². The number of nitrogens with zero attached hydrogens (tertiary/aromatic N) is 3. The topological polar surface area (TPSA) is 96.3 Å². The first-order valence-corrected chi connectivity index (χ1v) is 10.5. The van der Waals surface area contributed by atoms with Crippen LogP contribution in [0.3, 0.4) is 0 Å². The van der Waals surface area contributed by atoms with Crippen molar-refractivity contribution in [2.24, 2.45) is 0 Å². The summed E-state index contributed by atoms with van der Waals surface area (Å²) in [6.45, 7) is 4.37. The summed E-state index contributed by atoms with van der Waals surface area (Å²) in [4.78, 5) is 12.8. The third-order valence-corrected chi connectivity index (χ3v) is 6.63. The van der Waals surface area contributed by atoms with Crippen molar-refractivity contribution in [3.05, 3.63) is 46.5 Å². The van der Waals surface area contributed by atoms with Crippen molar-refractivity contribution in [3.8, 4) is 0 Å². The number of anilines is 1. The maximum absolute atomic E-state index is 13.3. The molecule has 1 aromatic carbocycles. The number of halogens is 2. The van der Waals surface area contributed by atoms with Crippen molar-refractivity contribution in [1.82, 2.24) is 18.8 Å². The molecule has 0 radical (unpaired) electrons. The average Bonchev–Trinajstić information content (AvgIpc) is 3.01. The van der Waals surface area contributed by atoms with Gasteiger partial charge in [0.25, 0.3) is 10.2 Å². The Morgan fingerprint density at radius 1 is 1.46 bits per heavy atom. The van der Waals surface area contributed by atoms with Gasteiger partial charge in [-0.15, -0.1) is 0 Å². The first-order chi connectivity index (χ1) is 13.1. The molecule has 1 fully saturated rings. The minimum Gasteiger partial charge on any atom is -0.325 e. The van der Waals surface area contributed by atoms with E-state index in [4.69, 9.17) is 11.6 Å². The highest BCUT2D eigenvalue weighted by atomic mass is 35.5. The maximum atomic E-state index is 13.3. The number of rotatable bonds is 4. The van der Waals surface area contributed by atoms with E-state index in [1.54, 1.807) is 17.8 Å². The molecule has 1 aromatic heterocycles. The lowest BCUT2D eigenvalue weighted by Gasteiger charge is -2.36. The number of aromatic nitrogens is 2. The van der Waals surface area contributed by atoms with E-state index in [1.807, 2.05) is 6.92 Å². The van der Waals surface area contributed by atoms with Crippen LogP contribution in [-0.4, -0.2) is 41.5 Å². The molecule has 2 heterocycles. The number of likely N-dealkylation sites (N-methyl/N-ethyl adjacent to an activating group) is 1. The van der Waals surface area contributed by atoms with E-state index in [9.17, 15) is 17.6 Å². The van der Waals surface area contributed by atoms with Crippen LogP contribution in [0.25, 0.3) is 0 Å². The Hall–Kier alpha value is -2.01. The molecule has 3 rings (SSSR count). The van der Waals surface area contributed by atoms with E-state index in [0.29, 0.717) is 12.2 Å². The SMILES string of the molecule is CCn1cc([C@@H]2C[C@H](C(=O)Nc3ccc(F)c(Cl)c3)N(C)S(=O)(=O)N2)c(C)n1. The molecule has 2 N–H and O–H groups in total. The molecule has 1 aliphatic heterocycles. The fourth-order valence-corrected chi connectivity index (χ4v) is 4.60. The standard InChI is InChI=1S/C17H21ClFN5O3S/c1-4-24-9-12(10(2)21-24)15-8-16(23(3)28(26,27)22-15)17(25)20-11-5-6-14(19)13(18)7-11/h5-7,9,15-16,22H,4,8H2,1-3H3,(H,20,25)/t15-,16+/m0/s1. The average molecular weight is 430 g/mol. The van der Waals surface area contributed by atoms with Crippen molar-refractivity contribution in [2.45, 2.75) is 38.9 Å². The predicted octanol–water partition coefficient (Wildman–Crippen LogP) is 2.22. The Morgan fingerprint density at radius 2 is 2.18 bits per heavy atom. The summed E-state index contributed by atoms with van der Waals surface area (Å²) >= 11 is 5.74. The zero-order valence-corrected chi connectivity index (χ0v) is 17.2. The molecule has 2 atom stereocenters. The van der Waals surface area contributed by atoms with Crippen LogP contribution in [0.1, 0.15) is 30.6 Å². The normalized spacial score (nSPS) is 22.2. The number of carbonyl (C=O) groups is 1. The third-order valence-electron chi connectivity index (χ3n) is 4.74. The summed E-state index contributed by atoms with van der Waals surface area (Å²) in [6, 6.07) is 2.23. The molecule has 1 amide bonds. The Balaban J connectivity index is 1.86. The smallest absolute Gasteiger partial charge is 0.280 e. The monoisotopic (exact) mass is 429 g/mol. The first kappa shape index (κ1) is 20.7. The van der Waals surface area contributed by atoms with Crippen LogP contribution >= 0.6 is 11.6 Å². The van der Waals surface area contributed by atoms with Gasteiger partial charge >= 0.3 is 0 Å². The molecule has 28 heavy (non-hydrogen) atoms. The first-order valence-electron chi connectivity index (χ1n) is 8.67. The Labute approximate surface area is 167 Å². The van der Waals surface area contributed by atoms with E-state index in [-0.39, 0.29) is 17.1 Å². The Kier molecular flexibility index (Phi) is 5.76. The summed E-state index contributed by atoms with van der Waals surface area (Å²) in [5.74, 6) is -1.13. The highest BCUT2D eigenvalue weighted by Gasteiger charge is 2.41. The van der Waals surface area contributed by atoms with Gasteiger partial charge in [-0.1, -0.05) is 11.6 Å². The highest BCUT2D eigenvalue weighted by molar-refractivity contribution is 7.87. The summed E-state index contributed by atoms with van der Waals surface area (Å²) < 4.78 is 43.7. The van der Waals surface area contributed by atoms with Gasteiger partial charge in [0.1, 0.15) is 11.9 Å². The summed E-state index contributed by atoms with van der Waals surface area (Å²) in [7, 11) is -2.54. The Morgan fingerprint density at radius 3 is 2.79 bits per heavy atom.